The molecule has 0 atom stereocenters. The van der Waals surface area contributed by atoms with Gasteiger partial charge >= 0.3 is 0 Å². The summed E-state index contributed by atoms with van der Waals surface area (Å²) in [5.74, 6) is 1.67. The number of nitrogens with zero attached hydrogens (tertiary/aromatic N) is 4. The van der Waals surface area contributed by atoms with Crippen LogP contribution in [-0.4, -0.2) is 19.7 Å². The van der Waals surface area contributed by atoms with E-state index in [-0.39, 0.29) is 0 Å². The number of aryl methyl sites for hydroxylation is 1. The molecule has 2 aromatic rings. The van der Waals surface area contributed by atoms with Crippen LogP contribution >= 0.6 is 23.1 Å². The zero-order valence-corrected chi connectivity index (χ0v) is 11.5. The predicted octanol–water partition coefficient (Wildman–Crippen LogP) is 1.81. The number of rotatable bonds is 5. The van der Waals surface area contributed by atoms with Gasteiger partial charge in [0.05, 0.1) is 12.3 Å². The Labute approximate surface area is 108 Å². The number of hydrogen-bond donors (Lipinski definition) is 1. The molecule has 0 saturated carbocycles. The first-order valence-electron chi connectivity index (χ1n) is 5.40. The second-order valence-corrected chi connectivity index (χ2v) is 5.40. The molecule has 0 aliphatic carbocycles. The maximum atomic E-state index is 5.61. The summed E-state index contributed by atoms with van der Waals surface area (Å²) in [4.78, 5) is 4.42. The van der Waals surface area contributed by atoms with E-state index >= 15 is 0 Å². The molecule has 92 valence electrons. The van der Waals surface area contributed by atoms with Crippen molar-refractivity contribution in [2.24, 2.45) is 5.73 Å². The lowest BCUT2D eigenvalue weighted by atomic mass is 10.6. The Morgan fingerprint density at radius 2 is 2.29 bits per heavy atom. The van der Waals surface area contributed by atoms with E-state index in [4.69, 9.17) is 5.73 Å². The van der Waals surface area contributed by atoms with Crippen molar-refractivity contribution in [3.8, 4) is 0 Å². The molecule has 0 radical (unpaired) electrons. The molecule has 17 heavy (non-hydrogen) atoms. The third-order valence-electron chi connectivity index (χ3n) is 2.28. The summed E-state index contributed by atoms with van der Waals surface area (Å²) in [6.07, 6.45) is 0. The minimum atomic E-state index is 0.428. The first-order chi connectivity index (χ1) is 8.24. The summed E-state index contributed by atoms with van der Waals surface area (Å²) in [5.41, 5.74) is 6.68. The fourth-order valence-corrected chi connectivity index (χ4v) is 3.30. The summed E-state index contributed by atoms with van der Waals surface area (Å²) in [7, 11) is 0. The van der Waals surface area contributed by atoms with Gasteiger partial charge in [-0.2, -0.15) is 0 Å². The number of aromatic nitrogens is 4. The molecular formula is C10H15N5S2. The van der Waals surface area contributed by atoms with E-state index in [0.29, 0.717) is 6.54 Å². The van der Waals surface area contributed by atoms with Crippen LogP contribution in [0.5, 0.6) is 0 Å². The summed E-state index contributed by atoms with van der Waals surface area (Å²) in [6.45, 7) is 5.35. The van der Waals surface area contributed by atoms with Crippen molar-refractivity contribution in [3.05, 3.63) is 21.9 Å². The van der Waals surface area contributed by atoms with Gasteiger partial charge in [0.15, 0.2) is 5.16 Å². The standard InChI is InChI=1S/C10H15N5S2/c1-3-15-8(4-11)13-14-10(15)17-6-9-12-7(2)5-16-9/h5H,3-4,6,11H2,1-2H3. The van der Waals surface area contributed by atoms with Gasteiger partial charge in [-0.1, -0.05) is 11.8 Å². The fourth-order valence-electron chi connectivity index (χ4n) is 1.49. The van der Waals surface area contributed by atoms with Crippen LogP contribution in [-0.2, 0) is 18.8 Å². The third kappa shape index (κ3) is 2.85. The Kier molecular flexibility index (Phi) is 4.14. The molecule has 2 rings (SSSR count). The zero-order chi connectivity index (χ0) is 12.3. The van der Waals surface area contributed by atoms with E-state index in [1.165, 1.54) is 0 Å². The molecule has 0 bridgehead atoms. The van der Waals surface area contributed by atoms with Crippen LogP contribution in [0.4, 0.5) is 0 Å². The Morgan fingerprint density at radius 3 is 2.88 bits per heavy atom. The molecular weight excluding hydrogens is 254 g/mol. The SMILES string of the molecule is CCn1c(CN)nnc1SCc1nc(C)cs1. The minimum Gasteiger partial charge on any atom is -0.324 e. The molecule has 2 N–H and O–H groups in total. The number of hydrogen-bond acceptors (Lipinski definition) is 6. The molecule has 0 aromatic carbocycles. The summed E-state index contributed by atoms with van der Waals surface area (Å²) in [6, 6.07) is 0. The van der Waals surface area contributed by atoms with Crippen LogP contribution < -0.4 is 5.73 Å². The van der Waals surface area contributed by atoms with E-state index in [9.17, 15) is 0 Å². The van der Waals surface area contributed by atoms with Gasteiger partial charge in [-0.15, -0.1) is 21.5 Å². The Morgan fingerprint density at radius 1 is 1.47 bits per heavy atom. The van der Waals surface area contributed by atoms with Crippen molar-refractivity contribution < 1.29 is 0 Å². The largest absolute Gasteiger partial charge is 0.324 e. The van der Waals surface area contributed by atoms with Crippen LogP contribution in [0.15, 0.2) is 10.5 Å². The molecule has 0 unspecified atom stereocenters. The monoisotopic (exact) mass is 269 g/mol. The van der Waals surface area contributed by atoms with Gasteiger partial charge in [0.1, 0.15) is 10.8 Å². The van der Waals surface area contributed by atoms with Crippen LogP contribution in [0.1, 0.15) is 23.4 Å². The van der Waals surface area contributed by atoms with Crippen molar-refractivity contribution in [2.45, 2.75) is 37.8 Å². The molecule has 0 fully saturated rings. The fraction of sp³-hybridized carbons (Fsp3) is 0.500. The summed E-state index contributed by atoms with van der Waals surface area (Å²) in [5, 5.41) is 12.3. The Hall–Kier alpha value is -0.920. The molecule has 0 aliphatic rings. The van der Waals surface area contributed by atoms with E-state index < -0.39 is 0 Å². The van der Waals surface area contributed by atoms with Crippen molar-refractivity contribution in [2.75, 3.05) is 0 Å². The lowest BCUT2D eigenvalue weighted by molar-refractivity contribution is 0.643. The number of thioether (sulfide) groups is 1. The first-order valence-corrected chi connectivity index (χ1v) is 7.27. The van der Waals surface area contributed by atoms with Gasteiger partial charge in [0.2, 0.25) is 0 Å². The average Bonchev–Trinajstić information content (AvgIpc) is 2.91. The Balaban J connectivity index is 2.06. The van der Waals surface area contributed by atoms with Gasteiger partial charge in [0, 0.05) is 17.6 Å². The molecule has 2 heterocycles. The normalized spacial score (nSPS) is 11.0. The third-order valence-corrected chi connectivity index (χ3v) is 4.41. The van der Waals surface area contributed by atoms with E-state index in [2.05, 4.69) is 27.5 Å². The van der Waals surface area contributed by atoms with E-state index in [1.54, 1.807) is 23.1 Å². The van der Waals surface area contributed by atoms with Crippen molar-refractivity contribution in [3.63, 3.8) is 0 Å². The molecule has 0 saturated heterocycles. The van der Waals surface area contributed by atoms with Gasteiger partial charge in [-0.3, -0.25) is 0 Å². The number of thiazole rings is 1. The highest BCUT2D eigenvalue weighted by Gasteiger charge is 2.10. The second kappa shape index (κ2) is 5.61. The smallest absolute Gasteiger partial charge is 0.191 e. The predicted molar refractivity (Wildman–Crippen MR) is 70.0 cm³/mol. The van der Waals surface area contributed by atoms with E-state index in [0.717, 1.165) is 34.0 Å². The molecule has 5 nitrogen and oxygen atoms in total. The van der Waals surface area contributed by atoms with Gasteiger partial charge in [-0.25, -0.2) is 4.98 Å². The minimum absolute atomic E-state index is 0.428. The van der Waals surface area contributed by atoms with Crippen LogP contribution in [0.25, 0.3) is 0 Å². The molecule has 0 amide bonds. The van der Waals surface area contributed by atoms with Crippen molar-refractivity contribution in [1.29, 1.82) is 0 Å². The maximum absolute atomic E-state index is 5.61. The highest BCUT2D eigenvalue weighted by molar-refractivity contribution is 7.98. The highest BCUT2D eigenvalue weighted by Crippen LogP contribution is 2.23. The first kappa shape index (κ1) is 12.5. The summed E-state index contributed by atoms with van der Waals surface area (Å²) < 4.78 is 2.05. The lowest BCUT2D eigenvalue weighted by Crippen LogP contribution is -2.08. The molecule has 0 spiro atoms. The topological polar surface area (TPSA) is 69.6 Å². The lowest BCUT2D eigenvalue weighted by Gasteiger charge is -2.04. The average molecular weight is 269 g/mol. The van der Waals surface area contributed by atoms with Crippen LogP contribution in [0.3, 0.4) is 0 Å². The molecule has 2 aromatic heterocycles. The van der Waals surface area contributed by atoms with Gasteiger partial charge in [-0.05, 0) is 13.8 Å². The Bertz CT molecular complexity index is 491. The van der Waals surface area contributed by atoms with Crippen molar-refractivity contribution in [1.82, 2.24) is 19.7 Å². The molecule has 0 aliphatic heterocycles. The molecule has 7 heteroatoms. The van der Waals surface area contributed by atoms with E-state index in [1.807, 2.05) is 11.5 Å². The zero-order valence-electron chi connectivity index (χ0n) is 9.88. The quantitative estimate of drug-likeness (QED) is 0.838. The second-order valence-electron chi connectivity index (χ2n) is 3.52. The summed E-state index contributed by atoms with van der Waals surface area (Å²) >= 11 is 3.34. The van der Waals surface area contributed by atoms with Gasteiger partial charge in [0.25, 0.3) is 0 Å². The number of nitrogens with two attached hydrogens (primary N) is 1. The maximum Gasteiger partial charge on any atom is 0.191 e. The van der Waals surface area contributed by atoms with Crippen LogP contribution in [0, 0.1) is 6.92 Å². The van der Waals surface area contributed by atoms with Crippen molar-refractivity contribution >= 4 is 23.1 Å². The van der Waals surface area contributed by atoms with Gasteiger partial charge < -0.3 is 10.3 Å². The highest BCUT2D eigenvalue weighted by atomic mass is 32.2. The van der Waals surface area contributed by atoms with Crippen LogP contribution in [0.2, 0.25) is 0 Å².